The average Bonchev–Trinajstić information content (AvgIpc) is 3.19. The molecular formula is C23H29ClN6O5S. The number of nitrogens with two attached hydrogens (primary N) is 1. The fourth-order valence-electron chi connectivity index (χ4n) is 4.02. The van der Waals surface area contributed by atoms with Crippen LogP contribution in [0.1, 0.15) is 25.0 Å². The van der Waals surface area contributed by atoms with Gasteiger partial charge in [0.15, 0.2) is 5.60 Å². The minimum atomic E-state index is -4.42. The summed E-state index contributed by atoms with van der Waals surface area (Å²) in [5, 5.41) is 28.0. The minimum Gasteiger partial charge on any atom is -0.391 e. The molecule has 3 unspecified atom stereocenters. The molecule has 194 valence electrons. The summed E-state index contributed by atoms with van der Waals surface area (Å²) in [5.41, 5.74) is 5.11. The third kappa shape index (κ3) is 5.52. The maximum atomic E-state index is 13.2. The highest BCUT2D eigenvalue weighted by Gasteiger charge is 2.45. The Balaban J connectivity index is 2.02. The van der Waals surface area contributed by atoms with E-state index in [0.717, 1.165) is 4.31 Å². The third-order valence-corrected chi connectivity index (χ3v) is 7.51. The molecular weight excluding hydrogens is 508 g/mol. The molecule has 0 saturated carbocycles. The largest absolute Gasteiger partial charge is 0.391 e. The lowest BCUT2D eigenvalue weighted by molar-refractivity contribution is -0.124. The van der Waals surface area contributed by atoms with Gasteiger partial charge in [-0.05, 0) is 24.6 Å². The minimum absolute atomic E-state index is 0.155. The highest BCUT2D eigenvalue weighted by Crippen LogP contribution is 2.33. The summed E-state index contributed by atoms with van der Waals surface area (Å²) in [7, 11) is -3.07. The summed E-state index contributed by atoms with van der Waals surface area (Å²) in [5.74, 6) is -1.21. The third-order valence-electron chi connectivity index (χ3n) is 5.72. The van der Waals surface area contributed by atoms with Gasteiger partial charge in [0.05, 0.1) is 12.6 Å². The first-order valence-corrected chi connectivity index (χ1v) is 12.9. The molecule has 3 atom stereocenters. The summed E-state index contributed by atoms with van der Waals surface area (Å²) in [6.07, 6.45) is -1.36. The van der Waals surface area contributed by atoms with Crippen molar-refractivity contribution < 1.29 is 23.4 Å². The molecule has 0 radical (unpaired) electrons. The van der Waals surface area contributed by atoms with Crippen molar-refractivity contribution in [3.05, 3.63) is 70.7 Å². The molecule has 13 heteroatoms. The number of hydrogen-bond donors (Lipinski definition) is 4. The molecule has 11 nitrogen and oxygen atoms in total. The Bertz CT molecular complexity index is 1250. The molecule has 3 rings (SSSR count). The smallest absolute Gasteiger partial charge is 0.304 e. The van der Waals surface area contributed by atoms with Crippen molar-refractivity contribution >= 4 is 39.4 Å². The number of aliphatic imine (C=N–C) groups is 1. The zero-order chi connectivity index (χ0) is 26.7. The maximum Gasteiger partial charge on any atom is 0.304 e. The SMILES string of the molecule is CCN(C(C(N)=O)C(C)O)S(=O)(=O)NC(=NC)N1CC(O)(c2ccccc2)C(c2ccc(Cl)cc2)=N1. The van der Waals surface area contributed by atoms with Gasteiger partial charge < -0.3 is 15.9 Å². The number of nitrogens with one attached hydrogen (secondary N) is 1. The predicted octanol–water partition coefficient (Wildman–Crippen LogP) is 0.624. The summed E-state index contributed by atoms with van der Waals surface area (Å²) in [6.45, 7) is 2.46. The van der Waals surface area contributed by atoms with Crippen LogP contribution in [0.25, 0.3) is 0 Å². The van der Waals surface area contributed by atoms with E-state index >= 15 is 0 Å². The Hall–Kier alpha value is -3.03. The Kier molecular flexibility index (Phi) is 8.37. The van der Waals surface area contributed by atoms with Crippen molar-refractivity contribution in [1.82, 2.24) is 14.0 Å². The molecule has 1 amide bonds. The van der Waals surface area contributed by atoms with E-state index in [1.807, 2.05) is 6.07 Å². The molecule has 0 aromatic heterocycles. The number of amides is 1. The molecule has 0 spiro atoms. The van der Waals surface area contributed by atoms with Gasteiger partial charge in [-0.15, -0.1) is 0 Å². The highest BCUT2D eigenvalue weighted by atomic mass is 35.5. The quantitative estimate of drug-likeness (QED) is 0.286. The van der Waals surface area contributed by atoms with Crippen molar-refractivity contribution in [3.8, 4) is 0 Å². The first kappa shape index (κ1) is 27.6. The lowest BCUT2D eigenvalue weighted by atomic mass is 9.86. The van der Waals surface area contributed by atoms with E-state index in [0.29, 0.717) is 16.1 Å². The molecule has 2 aromatic carbocycles. The highest BCUT2D eigenvalue weighted by molar-refractivity contribution is 7.87. The van der Waals surface area contributed by atoms with Crippen molar-refractivity contribution in [2.45, 2.75) is 31.6 Å². The number of hydrogen-bond acceptors (Lipinski definition) is 7. The number of aliphatic hydroxyl groups excluding tert-OH is 1. The predicted molar refractivity (Wildman–Crippen MR) is 137 cm³/mol. The first-order chi connectivity index (χ1) is 16.9. The van der Waals surface area contributed by atoms with E-state index < -0.39 is 33.9 Å². The first-order valence-electron chi connectivity index (χ1n) is 11.1. The molecule has 0 fully saturated rings. The number of halogens is 1. The van der Waals surface area contributed by atoms with E-state index in [1.165, 1.54) is 25.9 Å². The summed E-state index contributed by atoms with van der Waals surface area (Å²) >= 11 is 6.03. The number of likely N-dealkylation sites (N-methyl/N-ethyl adjacent to an activating group) is 1. The van der Waals surface area contributed by atoms with Crippen LogP contribution in [-0.2, 0) is 20.6 Å². The number of β-amino-alcohol motifs (C(OH)–C–C–N with tert-alkyl or cyclic N) is 1. The number of nitrogens with zero attached hydrogens (tertiary/aromatic N) is 4. The lowest BCUT2D eigenvalue weighted by Gasteiger charge is -2.31. The number of guanidine groups is 1. The number of aliphatic hydroxyl groups is 2. The van der Waals surface area contributed by atoms with Crippen LogP contribution in [0.4, 0.5) is 0 Å². The summed E-state index contributed by atoms with van der Waals surface area (Å²) < 4.78 is 29.5. The van der Waals surface area contributed by atoms with Gasteiger partial charge in [0, 0.05) is 24.2 Å². The van der Waals surface area contributed by atoms with Gasteiger partial charge >= 0.3 is 10.2 Å². The van der Waals surface area contributed by atoms with E-state index in [-0.39, 0.29) is 24.8 Å². The van der Waals surface area contributed by atoms with Crippen LogP contribution in [0.15, 0.2) is 64.7 Å². The molecule has 1 aliphatic rings. The molecule has 0 bridgehead atoms. The number of primary amides is 1. The molecule has 0 saturated heterocycles. The van der Waals surface area contributed by atoms with Gasteiger partial charge in [-0.3, -0.25) is 9.79 Å². The second-order valence-electron chi connectivity index (χ2n) is 8.18. The van der Waals surface area contributed by atoms with E-state index in [2.05, 4.69) is 14.8 Å². The van der Waals surface area contributed by atoms with Gasteiger partial charge in [0.1, 0.15) is 11.8 Å². The van der Waals surface area contributed by atoms with Crippen molar-refractivity contribution in [2.24, 2.45) is 15.8 Å². The standard InChI is InChI=1S/C23H29ClN6O5S/c1-4-30(19(15(2)31)21(25)32)36(34,35)28-22(26-3)29-14-23(33,17-8-6-5-7-9-17)20(27-29)16-10-12-18(24)13-11-16/h5-13,15,19,31,33H,4,14H2,1-3H3,(H2,25,32)(H,26,28). The Morgan fingerprint density at radius 3 is 2.39 bits per heavy atom. The number of benzene rings is 2. The van der Waals surface area contributed by atoms with E-state index in [4.69, 9.17) is 17.3 Å². The fourth-order valence-corrected chi connectivity index (χ4v) is 5.61. The average molecular weight is 537 g/mol. The fraction of sp³-hybridized carbons (Fsp3) is 0.348. The van der Waals surface area contributed by atoms with Crippen molar-refractivity contribution in [1.29, 1.82) is 0 Å². The molecule has 1 aliphatic heterocycles. The second kappa shape index (κ2) is 10.9. The monoisotopic (exact) mass is 536 g/mol. The molecule has 36 heavy (non-hydrogen) atoms. The lowest BCUT2D eigenvalue weighted by Crippen LogP contribution is -2.58. The topological polar surface area (TPSA) is 161 Å². The molecule has 2 aromatic rings. The van der Waals surface area contributed by atoms with Crippen molar-refractivity contribution in [2.75, 3.05) is 20.1 Å². The Labute approximate surface area is 215 Å². The molecule has 1 heterocycles. The van der Waals surface area contributed by atoms with Gasteiger partial charge in [-0.25, -0.2) is 9.73 Å². The Morgan fingerprint density at radius 1 is 1.28 bits per heavy atom. The van der Waals surface area contributed by atoms with Crippen LogP contribution in [0.3, 0.4) is 0 Å². The van der Waals surface area contributed by atoms with Crippen LogP contribution in [0.2, 0.25) is 5.02 Å². The zero-order valence-corrected chi connectivity index (χ0v) is 21.6. The van der Waals surface area contributed by atoms with Gasteiger partial charge in [-0.2, -0.15) is 17.8 Å². The van der Waals surface area contributed by atoms with Crippen LogP contribution in [0, 0.1) is 0 Å². The number of carbonyl (C=O) groups is 1. The Morgan fingerprint density at radius 2 is 1.89 bits per heavy atom. The normalized spacial score (nSPS) is 20.2. The maximum absolute atomic E-state index is 13.2. The van der Waals surface area contributed by atoms with Gasteiger partial charge in [0.25, 0.3) is 0 Å². The van der Waals surface area contributed by atoms with Gasteiger partial charge in [-0.1, -0.05) is 61.0 Å². The van der Waals surface area contributed by atoms with Crippen LogP contribution in [-0.4, -0.2) is 77.8 Å². The summed E-state index contributed by atoms with van der Waals surface area (Å²) in [6, 6.07) is 14.0. The van der Waals surface area contributed by atoms with Crippen LogP contribution in [0.5, 0.6) is 0 Å². The number of carbonyl (C=O) groups excluding carboxylic acids is 1. The number of rotatable bonds is 8. The summed E-state index contributed by atoms with van der Waals surface area (Å²) in [4.78, 5) is 15.9. The van der Waals surface area contributed by atoms with Crippen LogP contribution < -0.4 is 10.5 Å². The zero-order valence-electron chi connectivity index (χ0n) is 20.0. The van der Waals surface area contributed by atoms with Crippen molar-refractivity contribution in [3.63, 3.8) is 0 Å². The van der Waals surface area contributed by atoms with Gasteiger partial charge in [0.2, 0.25) is 11.9 Å². The molecule has 0 aliphatic carbocycles. The number of hydrazone groups is 1. The van der Waals surface area contributed by atoms with Crippen LogP contribution >= 0.6 is 11.6 Å². The van der Waals surface area contributed by atoms with E-state index in [9.17, 15) is 23.4 Å². The second-order valence-corrected chi connectivity index (χ2v) is 10.2. The van der Waals surface area contributed by atoms with E-state index in [1.54, 1.807) is 48.5 Å². The molecule has 5 N–H and O–H groups in total.